The topological polar surface area (TPSA) is 114 Å². The molecule has 1 aromatic rings. The second-order valence-corrected chi connectivity index (χ2v) is 8.51. The lowest BCUT2D eigenvalue weighted by atomic mass is 10.1. The zero-order chi connectivity index (χ0) is 21.6. The van der Waals surface area contributed by atoms with Crippen molar-refractivity contribution in [2.24, 2.45) is 0 Å². The molecule has 0 bridgehead atoms. The van der Waals surface area contributed by atoms with Crippen LogP contribution in [0.1, 0.15) is 27.2 Å². The van der Waals surface area contributed by atoms with Gasteiger partial charge in [-0.3, -0.25) is 9.59 Å². The van der Waals surface area contributed by atoms with Crippen molar-refractivity contribution in [3.05, 3.63) is 24.3 Å². The molecule has 0 aliphatic rings. The average Bonchev–Trinajstić information content (AvgIpc) is 2.50. The van der Waals surface area contributed by atoms with E-state index in [0.29, 0.717) is 0 Å². The highest BCUT2D eigenvalue weighted by molar-refractivity contribution is 7.89. The summed E-state index contributed by atoms with van der Waals surface area (Å²) < 4.78 is 66.2. The first-order valence-corrected chi connectivity index (χ1v) is 9.59. The van der Waals surface area contributed by atoms with Gasteiger partial charge in [-0.2, -0.15) is 0 Å². The van der Waals surface area contributed by atoms with Crippen LogP contribution in [0.15, 0.2) is 29.2 Å². The second kappa shape index (κ2) is 9.24. The molecule has 0 aliphatic carbocycles. The Morgan fingerprint density at radius 3 is 2.11 bits per heavy atom. The van der Waals surface area contributed by atoms with Crippen LogP contribution >= 0.6 is 0 Å². The molecule has 0 spiro atoms. The van der Waals surface area contributed by atoms with Gasteiger partial charge in [0.2, 0.25) is 21.8 Å². The molecule has 0 unspecified atom stereocenters. The number of benzene rings is 1. The maximum atomic E-state index is 12.1. The lowest BCUT2D eigenvalue weighted by molar-refractivity contribution is -0.274. The molecule has 0 saturated heterocycles. The number of nitrogens with one attached hydrogen (secondary N) is 3. The van der Waals surface area contributed by atoms with E-state index in [2.05, 4.69) is 20.1 Å². The van der Waals surface area contributed by atoms with Crippen LogP contribution in [0.4, 0.5) is 13.2 Å². The fraction of sp³-hybridized carbons (Fsp3) is 0.500. The normalized spacial score (nSPS) is 12.4. The fourth-order valence-corrected chi connectivity index (χ4v) is 2.96. The first kappa shape index (κ1) is 23.7. The van der Waals surface area contributed by atoms with Gasteiger partial charge in [-0.15, -0.1) is 13.2 Å². The van der Waals surface area contributed by atoms with E-state index in [4.69, 9.17) is 0 Å². The Kier molecular flexibility index (Phi) is 7.82. The second-order valence-electron chi connectivity index (χ2n) is 6.74. The third kappa shape index (κ3) is 9.55. The van der Waals surface area contributed by atoms with E-state index < -0.39 is 33.6 Å². The zero-order valence-electron chi connectivity index (χ0n) is 15.5. The van der Waals surface area contributed by atoms with Gasteiger partial charge in [0.05, 0.1) is 11.4 Å². The van der Waals surface area contributed by atoms with Crippen molar-refractivity contribution in [2.45, 2.75) is 44.0 Å². The predicted octanol–water partition coefficient (Wildman–Crippen LogP) is 1.28. The SMILES string of the molecule is CC(C)(C)NC(=O)CNC(=O)CCNS(=O)(=O)c1ccc(OC(F)(F)F)cc1. The van der Waals surface area contributed by atoms with Crippen molar-refractivity contribution in [3.8, 4) is 5.75 Å². The summed E-state index contributed by atoms with van der Waals surface area (Å²) in [6.07, 6.45) is -5.10. The third-order valence-corrected chi connectivity index (χ3v) is 4.45. The van der Waals surface area contributed by atoms with Gasteiger partial charge in [-0.25, -0.2) is 13.1 Å². The van der Waals surface area contributed by atoms with Crippen LogP contribution in [0.5, 0.6) is 5.75 Å². The highest BCUT2D eigenvalue weighted by Gasteiger charge is 2.31. The standard InChI is InChI=1S/C16H22F3N3O5S/c1-15(2,3)22-14(24)10-20-13(23)8-9-21-28(25,26)12-6-4-11(5-7-12)27-16(17,18)19/h4-7,21H,8-10H2,1-3H3,(H,20,23)(H,22,24). The summed E-state index contributed by atoms with van der Waals surface area (Å²) in [6, 6.07) is 3.62. The number of hydrogen-bond donors (Lipinski definition) is 3. The van der Waals surface area contributed by atoms with E-state index in [-0.39, 0.29) is 30.3 Å². The number of carbonyl (C=O) groups excluding carboxylic acids is 2. The van der Waals surface area contributed by atoms with Crippen molar-refractivity contribution in [3.63, 3.8) is 0 Å². The summed E-state index contributed by atoms with van der Waals surface area (Å²) in [5, 5.41) is 5.00. The Labute approximate surface area is 160 Å². The molecule has 3 N–H and O–H groups in total. The number of amides is 2. The van der Waals surface area contributed by atoms with Crippen LogP contribution in [0.25, 0.3) is 0 Å². The minimum Gasteiger partial charge on any atom is -0.406 e. The van der Waals surface area contributed by atoms with Gasteiger partial charge in [-0.05, 0) is 45.0 Å². The van der Waals surface area contributed by atoms with Crippen LogP contribution in [-0.2, 0) is 19.6 Å². The van der Waals surface area contributed by atoms with Crippen molar-refractivity contribution in [2.75, 3.05) is 13.1 Å². The predicted molar refractivity (Wildman–Crippen MR) is 93.8 cm³/mol. The molecule has 2 amide bonds. The summed E-state index contributed by atoms with van der Waals surface area (Å²) in [5.41, 5.74) is -0.446. The maximum Gasteiger partial charge on any atom is 0.573 e. The average molecular weight is 425 g/mol. The number of rotatable bonds is 8. The van der Waals surface area contributed by atoms with Crippen LogP contribution in [-0.4, -0.2) is 45.2 Å². The molecule has 28 heavy (non-hydrogen) atoms. The van der Waals surface area contributed by atoms with Gasteiger partial charge in [-0.1, -0.05) is 0 Å². The lowest BCUT2D eigenvalue weighted by Gasteiger charge is -2.20. The zero-order valence-corrected chi connectivity index (χ0v) is 16.3. The third-order valence-electron chi connectivity index (χ3n) is 2.97. The quantitative estimate of drug-likeness (QED) is 0.581. The maximum absolute atomic E-state index is 12.1. The summed E-state index contributed by atoms with van der Waals surface area (Å²) in [6.45, 7) is 4.84. The van der Waals surface area contributed by atoms with Gasteiger partial charge in [0, 0.05) is 18.5 Å². The summed E-state index contributed by atoms with van der Waals surface area (Å²) in [5.74, 6) is -1.48. The van der Waals surface area contributed by atoms with Gasteiger partial charge >= 0.3 is 6.36 Å². The van der Waals surface area contributed by atoms with Crippen LogP contribution in [0.2, 0.25) is 0 Å². The monoisotopic (exact) mass is 425 g/mol. The molecule has 0 aliphatic heterocycles. The minimum absolute atomic E-state index is 0.225. The molecule has 8 nitrogen and oxygen atoms in total. The Balaban J connectivity index is 2.47. The van der Waals surface area contributed by atoms with E-state index in [1.807, 2.05) is 0 Å². The van der Waals surface area contributed by atoms with E-state index in [1.54, 1.807) is 20.8 Å². The molecule has 0 fully saturated rings. The Hall–Kier alpha value is -2.34. The summed E-state index contributed by atoms with van der Waals surface area (Å²) in [4.78, 5) is 23.0. The first-order valence-electron chi connectivity index (χ1n) is 8.11. The van der Waals surface area contributed by atoms with Gasteiger partial charge < -0.3 is 15.4 Å². The lowest BCUT2D eigenvalue weighted by Crippen LogP contribution is -2.46. The van der Waals surface area contributed by atoms with E-state index in [1.165, 1.54) is 0 Å². The molecular formula is C16H22F3N3O5S. The molecule has 0 aromatic heterocycles. The molecule has 1 rings (SSSR count). The van der Waals surface area contributed by atoms with E-state index in [9.17, 15) is 31.2 Å². The van der Waals surface area contributed by atoms with E-state index >= 15 is 0 Å². The Bertz CT molecular complexity index is 787. The summed E-state index contributed by atoms with van der Waals surface area (Å²) in [7, 11) is -4.02. The van der Waals surface area contributed by atoms with Gasteiger partial charge in [0.1, 0.15) is 5.75 Å². The highest BCUT2D eigenvalue weighted by Crippen LogP contribution is 2.23. The number of hydrogen-bond acceptors (Lipinski definition) is 5. The number of halogens is 3. The molecule has 0 heterocycles. The molecule has 0 atom stereocenters. The molecule has 0 radical (unpaired) electrons. The van der Waals surface area contributed by atoms with Crippen molar-refractivity contribution in [1.82, 2.24) is 15.4 Å². The van der Waals surface area contributed by atoms with Crippen LogP contribution in [0.3, 0.4) is 0 Å². The van der Waals surface area contributed by atoms with Crippen LogP contribution < -0.4 is 20.1 Å². The molecule has 12 heteroatoms. The van der Waals surface area contributed by atoms with Gasteiger partial charge in [0.25, 0.3) is 0 Å². The number of alkyl halides is 3. The molecule has 1 aromatic carbocycles. The molecular weight excluding hydrogens is 403 g/mol. The smallest absolute Gasteiger partial charge is 0.406 e. The fourth-order valence-electron chi connectivity index (χ4n) is 1.93. The number of ether oxygens (including phenoxy) is 1. The number of sulfonamides is 1. The largest absolute Gasteiger partial charge is 0.573 e. The summed E-state index contributed by atoms with van der Waals surface area (Å²) >= 11 is 0. The molecule has 158 valence electrons. The Morgan fingerprint density at radius 1 is 1.04 bits per heavy atom. The van der Waals surface area contributed by atoms with Crippen LogP contribution in [0, 0.1) is 0 Å². The van der Waals surface area contributed by atoms with Crippen molar-refractivity contribution in [1.29, 1.82) is 0 Å². The molecule has 0 saturated carbocycles. The highest BCUT2D eigenvalue weighted by atomic mass is 32.2. The minimum atomic E-state index is -4.88. The van der Waals surface area contributed by atoms with Crippen molar-refractivity contribution >= 4 is 21.8 Å². The Morgan fingerprint density at radius 2 is 1.61 bits per heavy atom. The number of carbonyl (C=O) groups is 2. The van der Waals surface area contributed by atoms with E-state index in [0.717, 1.165) is 24.3 Å². The van der Waals surface area contributed by atoms with Crippen molar-refractivity contribution < 1.29 is 35.9 Å². The first-order chi connectivity index (χ1) is 12.7. The van der Waals surface area contributed by atoms with Gasteiger partial charge in [0.15, 0.2) is 0 Å².